The van der Waals surface area contributed by atoms with E-state index in [1.54, 1.807) is 29.1 Å². The number of thiophene rings is 1. The van der Waals surface area contributed by atoms with Gasteiger partial charge in [0, 0.05) is 36.5 Å². The van der Waals surface area contributed by atoms with Crippen molar-refractivity contribution in [1.29, 1.82) is 0 Å². The predicted molar refractivity (Wildman–Crippen MR) is 134 cm³/mol. The molecule has 0 spiro atoms. The Morgan fingerprint density at radius 3 is 2.70 bits per heavy atom. The number of fused-ring (bicyclic) bond motifs is 1. The zero-order chi connectivity index (χ0) is 23.1. The molecule has 2 heterocycles. The molecule has 33 heavy (non-hydrogen) atoms. The third-order valence-electron chi connectivity index (χ3n) is 6.35. The van der Waals surface area contributed by atoms with Crippen LogP contribution in [0.1, 0.15) is 52.9 Å². The van der Waals surface area contributed by atoms with Crippen LogP contribution in [0.4, 0.5) is 10.8 Å². The van der Waals surface area contributed by atoms with Gasteiger partial charge in [-0.2, -0.15) is 5.10 Å². The van der Waals surface area contributed by atoms with E-state index in [0.29, 0.717) is 45.5 Å². The van der Waals surface area contributed by atoms with Gasteiger partial charge in [0.05, 0.1) is 5.56 Å². The first kappa shape index (κ1) is 22.6. The standard InChI is InChI=1S/C22H27ClN6O2S2/c1-29-17(9-16(23)28-29)26-22(32)25-13-6-7-15-14(8-13)18(20(31)24-10-11-2-3-11)21(33-15)27-19(30)12-4-5-12/h9,11-13H,2-8,10H2,1H3,(H,24,31)(H,27,30)(H2,25,26,32)/t13-/m0/s1. The molecule has 8 nitrogen and oxygen atoms in total. The molecular formula is C22H27ClN6O2S2. The Hall–Kier alpha value is -2.17. The molecule has 3 aliphatic rings. The first-order valence-corrected chi connectivity index (χ1v) is 13.0. The van der Waals surface area contributed by atoms with Gasteiger partial charge in [-0.15, -0.1) is 11.3 Å². The highest BCUT2D eigenvalue weighted by Crippen LogP contribution is 2.40. The summed E-state index contributed by atoms with van der Waals surface area (Å²) in [5.41, 5.74) is 1.66. The zero-order valence-electron chi connectivity index (χ0n) is 18.4. The maximum Gasteiger partial charge on any atom is 0.254 e. The van der Waals surface area contributed by atoms with Crippen molar-refractivity contribution in [3.8, 4) is 0 Å². The van der Waals surface area contributed by atoms with Crippen molar-refractivity contribution in [2.24, 2.45) is 18.9 Å². The van der Waals surface area contributed by atoms with Crippen LogP contribution in [0.15, 0.2) is 6.07 Å². The van der Waals surface area contributed by atoms with Gasteiger partial charge in [0.2, 0.25) is 5.91 Å². The molecule has 0 bridgehead atoms. The summed E-state index contributed by atoms with van der Waals surface area (Å²) in [6.45, 7) is 0.697. The van der Waals surface area contributed by atoms with Crippen molar-refractivity contribution in [3.63, 3.8) is 0 Å². The first-order chi connectivity index (χ1) is 15.9. The van der Waals surface area contributed by atoms with Gasteiger partial charge in [-0.05, 0) is 68.6 Å². The summed E-state index contributed by atoms with van der Waals surface area (Å²) >= 11 is 13.0. The number of aromatic nitrogens is 2. The van der Waals surface area contributed by atoms with Crippen LogP contribution in [0.3, 0.4) is 0 Å². The lowest BCUT2D eigenvalue weighted by Crippen LogP contribution is -2.41. The highest BCUT2D eigenvalue weighted by Gasteiger charge is 2.34. The van der Waals surface area contributed by atoms with E-state index in [-0.39, 0.29) is 23.8 Å². The van der Waals surface area contributed by atoms with Crippen molar-refractivity contribution in [2.45, 2.75) is 51.0 Å². The fourth-order valence-corrected chi connectivity index (χ4v) is 5.86. The van der Waals surface area contributed by atoms with Crippen molar-refractivity contribution in [3.05, 3.63) is 27.2 Å². The fourth-order valence-electron chi connectivity index (χ4n) is 4.13. The molecule has 0 radical (unpaired) electrons. The number of carbonyl (C=O) groups excluding carboxylic acids is 2. The Bertz CT molecular complexity index is 1100. The van der Waals surface area contributed by atoms with Crippen LogP contribution in [0, 0.1) is 11.8 Å². The number of carbonyl (C=O) groups is 2. The third kappa shape index (κ3) is 5.33. The molecule has 176 valence electrons. The van der Waals surface area contributed by atoms with Crippen LogP contribution in [0.5, 0.6) is 0 Å². The van der Waals surface area contributed by atoms with Gasteiger partial charge in [-0.1, -0.05) is 11.6 Å². The molecule has 3 aliphatic carbocycles. The van der Waals surface area contributed by atoms with E-state index in [1.165, 1.54) is 17.7 Å². The number of hydrogen-bond donors (Lipinski definition) is 4. The first-order valence-electron chi connectivity index (χ1n) is 11.4. The number of rotatable bonds is 7. The number of nitrogens with one attached hydrogen (secondary N) is 4. The number of amides is 2. The van der Waals surface area contributed by atoms with Crippen molar-refractivity contribution in [1.82, 2.24) is 20.4 Å². The molecule has 0 aliphatic heterocycles. The Morgan fingerprint density at radius 1 is 1.24 bits per heavy atom. The molecule has 2 aromatic rings. The summed E-state index contributed by atoms with van der Waals surface area (Å²) in [6, 6.07) is 1.79. The van der Waals surface area contributed by atoms with Gasteiger partial charge in [-0.25, -0.2) is 0 Å². The zero-order valence-corrected chi connectivity index (χ0v) is 20.8. The van der Waals surface area contributed by atoms with Crippen LogP contribution in [-0.4, -0.2) is 39.3 Å². The van der Waals surface area contributed by atoms with Crippen LogP contribution < -0.4 is 21.3 Å². The Balaban J connectivity index is 1.31. The number of nitrogens with zero attached hydrogens (tertiary/aromatic N) is 2. The van der Waals surface area contributed by atoms with Gasteiger partial charge in [0.1, 0.15) is 10.8 Å². The minimum absolute atomic E-state index is 0.0275. The van der Waals surface area contributed by atoms with Crippen molar-refractivity contribution >= 4 is 62.9 Å². The van der Waals surface area contributed by atoms with E-state index in [1.807, 2.05) is 0 Å². The normalized spacial score (nSPS) is 19.5. The molecule has 0 unspecified atom stereocenters. The lowest BCUT2D eigenvalue weighted by Gasteiger charge is -2.25. The van der Waals surface area contributed by atoms with Gasteiger partial charge in [-0.3, -0.25) is 14.3 Å². The maximum atomic E-state index is 13.2. The summed E-state index contributed by atoms with van der Waals surface area (Å²) in [5, 5.41) is 18.3. The van der Waals surface area contributed by atoms with E-state index in [4.69, 9.17) is 23.8 Å². The topological polar surface area (TPSA) is 100 Å². The molecule has 2 aromatic heterocycles. The molecule has 4 N–H and O–H groups in total. The second-order valence-electron chi connectivity index (χ2n) is 9.14. The third-order valence-corrected chi connectivity index (χ3v) is 7.96. The molecule has 0 aromatic carbocycles. The average molecular weight is 507 g/mol. The maximum absolute atomic E-state index is 13.2. The van der Waals surface area contributed by atoms with E-state index < -0.39 is 0 Å². The number of aryl methyl sites for hydroxylation is 2. The van der Waals surface area contributed by atoms with E-state index in [2.05, 4.69) is 26.4 Å². The lowest BCUT2D eigenvalue weighted by molar-refractivity contribution is -0.117. The van der Waals surface area contributed by atoms with E-state index in [9.17, 15) is 9.59 Å². The Labute approximate surface area is 206 Å². The summed E-state index contributed by atoms with van der Waals surface area (Å²) in [4.78, 5) is 26.8. The molecule has 0 saturated heterocycles. The van der Waals surface area contributed by atoms with E-state index in [0.717, 1.165) is 31.2 Å². The summed E-state index contributed by atoms with van der Waals surface area (Å²) < 4.78 is 1.63. The summed E-state index contributed by atoms with van der Waals surface area (Å²) in [6.07, 6.45) is 6.60. The van der Waals surface area contributed by atoms with Crippen LogP contribution >= 0.6 is 35.2 Å². The number of halogens is 1. The quantitative estimate of drug-likeness (QED) is 0.429. The molecule has 11 heteroatoms. The Morgan fingerprint density at radius 2 is 2.03 bits per heavy atom. The Kier molecular flexibility index (Phi) is 6.32. The van der Waals surface area contributed by atoms with Gasteiger partial charge in [0.25, 0.3) is 5.91 Å². The second-order valence-corrected chi connectivity index (χ2v) is 11.0. The van der Waals surface area contributed by atoms with Crippen LogP contribution in [-0.2, 0) is 24.7 Å². The fraction of sp³-hybridized carbons (Fsp3) is 0.545. The molecule has 1 atom stereocenters. The molecule has 2 saturated carbocycles. The molecule has 5 rings (SSSR count). The minimum atomic E-state index is -0.0867. The highest BCUT2D eigenvalue weighted by atomic mass is 35.5. The summed E-state index contributed by atoms with van der Waals surface area (Å²) in [5.74, 6) is 1.32. The van der Waals surface area contributed by atoms with Crippen molar-refractivity contribution < 1.29 is 9.59 Å². The number of anilines is 2. The highest BCUT2D eigenvalue weighted by molar-refractivity contribution is 7.80. The molecule has 2 fully saturated rings. The van der Waals surface area contributed by atoms with Gasteiger partial charge >= 0.3 is 0 Å². The average Bonchev–Trinajstić information content (AvgIpc) is 3.68. The largest absolute Gasteiger partial charge is 0.359 e. The molecule has 2 amide bonds. The monoisotopic (exact) mass is 506 g/mol. The second kappa shape index (κ2) is 9.23. The minimum Gasteiger partial charge on any atom is -0.359 e. The van der Waals surface area contributed by atoms with Crippen molar-refractivity contribution in [2.75, 3.05) is 17.2 Å². The lowest BCUT2D eigenvalue weighted by atomic mass is 9.91. The van der Waals surface area contributed by atoms with Gasteiger partial charge in [0.15, 0.2) is 10.3 Å². The van der Waals surface area contributed by atoms with E-state index >= 15 is 0 Å². The van der Waals surface area contributed by atoms with Crippen LogP contribution in [0.2, 0.25) is 5.15 Å². The predicted octanol–water partition coefficient (Wildman–Crippen LogP) is 3.47. The number of thiocarbonyl (C=S) groups is 1. The molecular weight excluding hydrogens is 480 g/mol. The summed E-state index contributed by atoms with van der Waals surface area (Å²) in [7, 11) is 1.79. The SMILES string of the molecule is Cn1nc(Cl)cc1NC(=S)N[C@H]1CCc2sc(NC(=O)C3CC3)c(C(=O)NCC3CC3)c2C1. The van der Waals surface area contributed by atoms with Crippen LogP contribution in [0.25, 0.3) is 0 Å². The smallest absolute Gasteiger partial charge is 0.254 e. The van der Waals surface area contributed by atoms with Gasteiger partial charge < -0.3 is 21.3 Å². The number of hydrogen-bond acceptors (Lipinski definition) is 5.